The lowest BCUT2D eigenvalue weighted by atomic mass is 10.1. The molecule has 0 saturated carbocycles. The Labute approximate surface area is 131 Å². The quantitative estimate of drug-likeness (QED) is 0.888. The van der Waals surface area contributed by atoms with Crippen molar-refractivity contribution in [3.8, 4) is 0 Å². The molecule has 1 unspecified atom stereocenters. The Kier molecular flexibility index (Phi) is 5.09. The molecule has 116 valence electrons. The van der Waals surface area contributed by atoms with Gasteiger partial charge in [-0.15, -0.1) is 0 Å². The number of anilines is 2. The summed E-state index contributed by atoms with van der Waals surface area (Å²) in [5.41, 5.74) is 3.72. The van der Waals surface area contributed by atoms with Crippen molar-refractivity contribution in [1.82, 2.24) is 15.3 Å². The first-order chi connectivity index (χ1) is 10.5. The largest absolute Gasteiger partial charge is 0.350 e. The number of nitrogens with zero attached hydrogens (tertiary/aromatic N) is 2. The fourth-order valence-electron chi connectivity index (χ4n) is 2.04. The van der Waals surface area contributed by atoms with Crippen LogP contribution in [-0.2, 0) is 0 Å². The Morgan fingerprint density at radius 3 is 2.32 bits per heavy atom. The van der Waals surface area contributed by atoms with Crippen LogP contribution in [0.4, 0.5) is 11.6 Å². The summed E-state index contributed by atoms with van der Waals surface area (Å²) in [4.78, 5) is 20.4. The van der Waals surface area contributed by atoms with Gasteiger partial charge in [-0.2, -0.15) is 0 Å². The van der Waals surface area contributed by atoms with E-state index in [-0.39, 0.29) is 11.9 Å². The number of aromatic nitrogens is 2. The maximum Gasteiger partial charge on any atom is 0.254 e. The van der Waals surface area contributed by atoms with Gasteiger partial charge in [0.25, 0.3) is 5.91 Å². The van der Waals surface area contributed by atoms with E-state index in [1.165, 1.54) is 0 Å². The van der Waals surface area contributed by atoms with E-state index in [1.54, 1.807) is 12.4 Å². The number of rotatable bonds is 5. The molecule has 2 rings (SSSR count). The summed E-state index contributed by atoms with van der Waals surface area (Å²) in [6.07, 6.45) is 3.97. The van der Waals surface area contributed by atoms with Gasteiger partial charge >= 0.3 is 0 Å². The van der Waals surface area contributed by atoms with Crippen LogP contribution in [0.25, 0.3) is 0 Å². The first-order valence-corrected chi connectivity index (χ1v) is 7.47. The minimum atomic E-state index is -0.145. The number of benzene rings is 1. The van der Waals surface area contributed by atoms with Crippen LogP contribution in [0, 0.1) is 13.8 Å². The van der Waals surface area contributed by atoms with Crippen molar-refractivity contribution in [1.29, 1.82) is 0 Å². The number of amides is 1. The van der Waals surface area contributed by atoms with Gasteiger partial charge in [0.1, 0.15) is 0 Å². The molecule has 22 heavy (non-hydrogen) atoms. The SMILES string of the molecule is CCC(C)NC(=O)c1cnc(Nc2c(C)cccc2C)nc1. The molecule has 2 N–H and O–H groups in total. The van der Waals surface area contributed by atoms with Crippen molar-refractivity contribution in [2.75, 3.05) is 5.32 Å². The zero-order chi connectivity index (χ0) is 16.1. The Morgan fingerprint density at radius 1 is 1.18 bits per heavy atom. The highest BCUT2D eigenvalue weighted by Crippen LogP contribution is 2.22. The van der Waals surface area contributed by atoms with Gasteiger partial charge in [-0.1, -0.05) is 25.1 Å². The maximum atomic E-state index is 12.0. The number of carbonyl (C=O) groups is 1. The van der Waals surface area contributed by atoms with Gasteiger partial charge < -0.3 is 10.6 Å². The molecule has 1 aromatic heterocycles. The van der Waals surface area contributed by atoms with Crippen LogP contribution in [0.1, 0.15) is 41.8 Å². The van der Waals surface area contributed by atoms with Crippen molar-refractivity contribution in [3.05, 3.63) is 47.3 Å². The first-order valence-electron chi connectivity index (χ1n) is 7.47. The lowest BCUT2D eigenvalue weighted by Gasteiger charge is -2.12. The third-order valence-electron chi connectivity index (χ3n) is 3.62. The number of nitrogens with one attached hydrogen (secondary N) is 2. The fraction of sp³-hybridized carbons (Fsp3) is 0.353. The van der Waals surface area contributed by atoms with Crippen LogP contribution in [0.2, 0.25) is 0 Å². The second-order valence-electron chi connectivity index (χ2n) is 5.47. The second-order valence-corrected chi connectivity index (χ2v) is 5.47. The van der Waals surface area contributed by atoms with Crippen LogP contribution < -0.4 is 10.6 Å². The Bertz CT molecular complexity index is 632. The summed E-state index contributed by atoms with van der Waals surface area (Å²) in [5, 5.41) is 6.10. The predicted octanol–water partition coefficient (Wildman–Crippen LogP) is 3.37. The normalized spacial score (nSPS) is 11.8. The molecule has 0 bridgehead atoms. The molecule has 0 aliphatic carbocycles. The monoisotopic (exact) mass is 298 g/mol. The number of hydrogen-bond donors (Lipinski definition) is 2. The van der Waals surface area contributed by atoms with Gasteiger partial charge in [0.15, 0.2) is 0 Å². The average Bonchev–Trinajstić information content (AvgIpc) is 2.51. The summed E-state index contributed by atoms with van der Waals surface area (Å²) in [7, 11) is 0. The molecule has 0 aliphatic rings. The lowest BCUT2D eigenvalue weighted by Crippen LogP contribution is -2.32. The van der Waals surface area contributed by atoms with Gasteiger partial charge in [0, 0.05) is 24.1 Å². The third-order valence-corrected chi connectivity index (χ3v) is 3.62. The molecule has 0 saturated heterocycles. The molecule has 5 nitrogen and oxygen atoms in total. The summed E-state index contributed by atoms with van der Waals surface area (Å²) in [6.45, 7) is 8.06. The topological polar surface area (TPSA) is 66.9 Å². The highest BCUT2D eigenvalue weighted by Gasteiger charge is 2.10. The molecule has 5 heteroatoms. The van der Waals surface area contributed by atoms with E-state index in [0.717, 1.165) is 23.2 Å². The van der Waals surface area contributed by atoms with E-state index in [2.05, 4.69) is 20.6 Å². The van der Waals surface area contributed by atoms with Crippen LogP contribution >= 0.6 is 0 Å². The van der Waals surface area contributed by atoms with Crippen molar-refractivity contribution in [2.24, 2.45) is 0 Å². The Hall–Kier alpha value is -2.43. The van der Waals surface area contributed by atoms with Crippen LogP contribution in [0.15, 0.2) is 30.6 Å². The fourth-order valence-corrected chi connectivity index (χ4v) is 2.04. The summed E-state index contributed by atoms with van der Waals surface area (Å²) in [5.74, 6) is 0.338. The maximum absolute atomic E-state index is 12.0. The minimum Gasteiger partial charge on any atom is -0.350 e. The highest BCUT2D eigenvalue weighted by molar-refractivity contribution is 5.93. The summed E-state index contributed by atoms with van der Waals surface area (Å²) < 4.78 is 0. The first kappa shape index (κ1) is 15.9. The number of para-hydroxylation sites is 1. The molecule has 1 amide bonds. The standard InChI is InChI=1S/C17H22N4O/c1-5-13(4)20-16(22)14-9-18-17(19-10-14)21-15-11(2)7-6-8-12(15)3/h6-10,13H,5H2,1-4H3,(H,20,22)(H,18,19,21). The van der Waals surface area contributed by atoms with Gasteiger partial charge in [-0.05, 0) is 38.3 Å². The van der Waals surface area contributed by atoms with Crippen molar-refractivity contribution in [3.63, 3.8) is 0 Å². The molecule has 0 radical (unpaired) electrons. The molecule has 0 fully saturated rings. The molecule has 1 atom stereocenters. The smallest absolute Gasteiger partial charge is 0.254 e. The molecule has 2 aromatic rings. The molecular weight excluding hydrogens is 276 g/mol. The van der Waals surface area contributed by atoms with Gasteiger partial charge in [-0.25, -0.2) is 9.97 Å². The predicted molar refractivity (Wildman–Crippen MR) is 88.4 cm³/mol. The number of hydrogen-bond acceptors (Lipinski definition) is 4. The van der Waals surface area contributed by atoms with Gasteiger partial charge in [0.05, 0.1) is 5.56 Å². The van der Waals surface area contributed by atoms with Crippen LogP contribution in [0.5, 0.6) is 0 Å². The van der Waals surface area contributed by atoms with Crippen molar-refractivity contribution >= 4 is 17.5 Å². The van der Waals surface area contributed by atoms with E-state index in [1.807, 2.05) is 45.9 Å². The van der Waals surface area contributed by atoms with Gasteiger partial charge in [-0.3, -0.25) is 4.79 Å². The molecule has 1 aromatic carbocycles. The van der Waals surface area contributed by atoms with E-state index in [4.69, 9.17) is 0 Å². The zero-order valence-corrected chi connectivity index (χ0v) is 13.5. The summed E-state index contributed by atoms with van der Waals surface area (Å²) in [6, 6.07) is 6.21. The molecule has 0 aliphatic heterocycles. The highest BCUT2D eigenvalue weighted by atomic mass is 16.1. The minimum absolute atomic E-state index is 0.139. The van der Waals surface area contributed by atoms with Crippen molar-refractivity contribution < 1.29 is 4.79 Å². The molecular formula is C17H22N4O. The Balaban J connectivity index is 2.11. The number of carbonyl (C=O) groups excluding carboxylic acids is 1. The van der Waals surface area contributed by atoms with Gasteiger partial charge in [0.2, 0.25) is 5.95 Å². The van der Waals surface area contributed by atoms with Crippen LogP contribution in [-0.4, -0.2) is 21.9 Å². The summed E-state index contributed by atoms with van der Waals surface area (Å²) >= 11 is 0. The zero-order valence-electron chi connectivity index (χ0n) is 13.5. The van der Waals surface area contributed by atoms with E-state index in [0.29, 0.717) is 11.5 Å². The third kappa shape index (κ3) is 3.81. The molecule has 1 heterocycles. The van der Waals surface area contributed by atoms with E-state index >= 15 is 0 Å². The number of aryl methyl sites for hydroxylation is 2. The lowest BCUT2D eigenvalue weighted by molar-refractivity contribution is 0.0938. The molecule has 0 spiro atoms. The van der Waals surface area contributed by atoms with E-state index < -0.39 is 0 Å². The Morgan fingerprint density at radius 2 is 1.77 bits per heavy atom. The van der Waals surface area contributed by atoms with Crippen molar-refractivity contribution in [2.45, 2.75) is 40.2 Å². The average molecular weight is 298 g/mol. The van der Waals surface area contributed by atoms with Crippen LogP contribution in [0.3, 0.4) is 0 Å². The van der Waals surface area contributed by atoms with E-state index in [9.17, 15) is 4.79 Å². The second kappa shape index (κ2) is 7.02.